The zero-order valence-electron chi connectivity index (χ0n) is 11.2. The minimum Gasteiger partial charge on any atom is -0.383 e. The second-order valence-corrected chi connectivity index (χ2v) is 5.71. The van der Waals surface area contributed by atoms with E-state index < -0.39 is 0 Å². The lowest BCUT2D eigenvalue weighted by molar-refractivity contribution is 0.160. The van der Waals surface area contributed by atoms with E-state index in [1.807, 2.05) is 11.3 Å². The SMILES string of the molecule is COCCN(C)CCCNCc1ccc(C)s1. The fraction of sp³-hybridized carbons (Fsp3) is 0.692. The van der Waals surface area contributed by atoms with Gasteiger partial charge in [-0.15, -0.1) is 11.3 Å². The number of hydrogen-bond acceptors (Lipinski definition) is 4. The molecule has 0 aromatic carbocycles. The van der Waals surface area contributed by atoms with Crippen LogP contribution in [0.25, 0.3) is 0 Å². The number of likely N-dealkylation sites (N-methyl/N-ethyl adjacent to an activating group) is 1. The lowest BCUT2D eigenvalue weighted by Gasteiger charge is -2.15. The lowest BCUT2D eigenvalue weighted by atomic mass is 10.3. The Balaban J connectivity index is 1.97. The smallest absolute Gasteiger partial charge is 0.0589 e. The molecule has 1 rings (SSSR count). The number of thiophene rings is 1. The van der Waals surface area contributed by atoms with Crippen molar-refractivity contribution in [1.82, 2.24) is 10.2 Å². The molecule has 1 N–H and O–H groups in total. The van der Waals surface area contributed by atoms with Crippen molar-refractivity contribution in [1.29, 1.82) is 0 Å². The largest absolute Gasteiger partial charge is 0.383 e. The topological polar surface area (TPSA) is 24.5 Å². The summed E-state index contributed by atoms with van der Waals surface area (Å²) in [7, 11) is 3.89. The van der Waals surface area contributed by atoms with Gasteiger partial charge in [-0.3, -0.25) is 0 Å². The number of rotatable bonds is 9. The lowest BCUT2D eigenvalue weighted by Crippen LogP contribution is -2.26. The highest BCUT2D eigenvalue weighted by Gasteiger charge is 1.98. The zero-order chi connectivity index (χ0) is 12.5. The van der Waals surface area contributed by atoms with Crippen LogP contribution < -0.4 is 5.32 Å². The van der Waals surface area contributed by atoms with Crippen molar-refractivity contribution in [2.24, 2.45) is 0 Å². The summed E-state index contributed by atoms with van der Waals surface area (Å²) in [6.45, 7) is 7.19. The first kappa shape index (κ1) is 14.6. The Hall–Kier alpha value is -0.420. The van der Waals surface area contributed by atoms with Crippen LogP contribution in [-0.2, 0) is 11.3 Å². The van der Waals surface area contributed by atoms with Crippen LogP contribution in [0.2, 0.25) is 0 Å². The number of ether oxygens (including phenoxy) is 1. The van der Waals surface area contributed by atoms with Crippen LogP contribution in [0.15, 0.2) is 12.1 Å². The molecule has 17 heavy (non-hydrogen) atoms. The summed E-state index contributed by atoms with van der Waals surface area (Å²) in [6.07, 6.45) is 1.19. The molecule has 0 aliphatic carbocycles. The third-order valence-corrected chi connectivity index (χ3v) is 3.67. The van der Waals surface area contributed by atoms with Gasteiger partial charge < -0.3 is 15.0 Å². The Labute approximate surface area is 109 Å². The molecule has 0 amide bonds. The molecule has 0 saturated carbocycles. The molecule has 0 spiro atoms. The Bertz CT molecular complexity index is 301. The van der Waals surface area contributed by atoms with Gasteiger partial charge in [0, 0.05) is 30.0 Å². The van der Waals surface area contributed by atoms with Crippen molar-refractivity contribution in [3.8, 4) is 0 Å². The van der Waals surface area contributed by atoms with Crippen LogP contribution in [0.1, 0.15) is 16.2 Å². The van der Waals surface area contributed by atoms with Gasteiger partial charge in [0.1, 0.15) is 0 Å². The molecule has 0 atom stereocenters. The first-order valence-corrected chi connectivity index (χ1v) is 6.97. The van der Waals surface area contributed by atoms with Gasteiger partial charge in [0.15, 0.2) is 0 Å². The second-order valence-electron chi connectivity index (χ2n) is 4.34. The van der Waals surface area contributed by atoms with Crippen molar-refractivity contribution in [2.45, 2.75) is 19.9 Å². The Morgan fingerprint density at radius 1 is 1.35 bits per heavy atom. The number of nitrogens with one attached hydrogen (secondary N) is 1. The molecule has 0 saturated heterocycles. The number of aryl methyl sites for hydroxylation is 1. The van der Waals surface area contributed by atoms with Crippen molar-refractivity contribution >= 4 is 11.3 Å². The molecule has 1 aromatic rings. The quantitative estimate of drug-likeness (QED) is 0.685. The Morgan fingerprint density at radius 2 is 2.18 bits per heavy atom. The third kappa shape index (κ3) is 6.78. The van der Waals surface area contributed by atoms with Crippen molar-refractivity contribution in [3.63, 3.8) is 0 Å². The fourth-order valence-electron chi connectivity index (χ4n) is 1.62. The van der Waals surface area contributed by atoms with Gasteiger partial charge in [-0.25, -0.2) is 0 Å². The van der Waals surface area contributed by atoms with E-state index in [2.05, 4.69) is 36.3 Å². The normalized spacial score (nSPS) is 11.3. The van der Waals surface area contributed by atoms with E-state index in [0.717, 1.165) is 32.8 Å². The molecule has 0 unspecified atom stereocenters. The van der Waals surface area contributed by atoms with Crippen LogP contribution in [0, 0.1) is 6.92 Å². The Kier molecular flexibility index (Phi) is 7.44. The summed E-state index contributed by atoms with van der Waals surface area (Å²) in [5.41, 5.74) is 0. The monoisotopic (exact) mass is 256 g/mol. The molecule has 0 bridgehead atoms. The van der Waals surface area contributed by atoms with Crippen molar-refractivity contribution in [3.05, 3.63) is 21.9 Å². The first-order chi connectivity index (χ1) is 8.22. The van der Waals surface area contributed by atoms with Crippen LogP contribution >= 0.6 is 11.3 Å². The molecule has 1 heterocycles. The molecule has 0 radical (unpaired) electrons. The van der Waals surface area contributed by atoms with E-state index in [1.165, 1.54) is 16.2 Å². The highest BCUT2D eigenvalue weighted by molar-refractivity contribution is 7.11. The average molecular weight is 256 g/mol. The highest BCUT2D eigenvalue weighted by atomic mass is 32.1. The van der Waals surface area contributed by atoms with Crippen LogP contribution in [0.5, 0.6) is 0 Å². The van der Waals surface area contributed by atoms with Gasteiger partial charge in [-0.1, -0.05) is 0 Å². The van der Waals surface area contributed by atoms with E-state index in [0.29, 0.717) is 0 Å². The summed E-state index contributed by atoms with van der Waals surface area (Å²) < 4.78 is 5.04. The first-order valence-electron chi connectivity index (χ1n) is 6.16. The summed E-state index contributed by atoms with van der Waals surface area (Å²) in [5, 5.41) is 3.48. The number of hydrogen-bond donors (Lipinski definition) is 1. The van der Waals surface area contributed by atoms with E-state index in [1.54, 1.807) is 7.11 Å². The van der Waals surface area contributed by atoms with Crippen molar-refractivity contribution in [2.75, 3.05) is 40.4 Å². The summed E-state index contributed by atoms with van der Waals surface area (Å²) >= 11 is 1.87. The van der Waals surface area contributed by atoms with Gasteiger partial charge in [-0.05, 0) is 45.6 Å². The van der Waals surface area contributed by atoms with Crippen molar-refractivity contribution < 1.29 is 4.74 Å². The van der Waals surface area contributed by atoms with Crippen LogP contribution in [-0.4, -0.2) is 45.3 Å². The Morgan fingerprint density at radius 3 is 2.82 bits per heavy atom. The van der Waals surface area contributed by atoms with E-state index in [4.69, 9.17) is 4.74 Å². The third-order valence-electron chi connectivity index (χ3n) is 2.67. The summed E-state index contributed by atoms with van der Waals surface area (Å²) in [4.78, 5) is 5.12. The molecule has 4 heteroatoms. The molecule has 3 nitrogen and oxygen atoms in total. The number of nitrogens with zero attached hydrogens (tertiary/aromatic N) is 1. The maximum atomic E-state index is 5.04. The van der Waals surface area contributed by atoms with E-state index in [9.17, 15) is 0 Å². The van der Waals surface area contributed by atoms with E-state index >= 15 is 0 Å². The summed E-state index contributed by atoms with van der Waals surface area (Å²) in [5.74, 6) is 0. The van der Waals surface area contributed by atoms with Gasteiger partial charge in [0.05, 0.1) is 6.61 Å². The molecular formula is C13H24N2OS. The number of methoxy groups -OCH3 is 1. The van der Waals surface area contributed by atoms with Crippen LogP contribution in [0.3, 0.4) is 0 Å². The van der Waals surface area contributed by atoms with Gasteiger partial charge in [-0.2, -0.15) is 0 Å². The molecule has 0 aliphatic rings. The average Bonchev–Trinajstić information content (AvgIpc) is 2.72. The maximum Gasteiger partial charge on any atom is 0.0589 e. The fourth-order valence-corrected chi connectivity index (χ4v) is 2.48. The highest BCUT2D eigenvalue weighted by Crippen LogP contribution is 2.14. The van der Waals surface area contributed by atoms with Crippen LogP contribution in [0.4, 0.5) is 0 Å². The maximum absolute atomic E-state index is 5.04. The van der Waals surface area contributed by atoms with E-state index in [-0.39, 0.29) is 0 Å². The minimum absolute atomic E-state index is 0.818. The van der Waals surface area contributed by atoms with Gasteiger partial charge >= 0.3 is 0 Å². The predicted octanol–water partition coefficient (Wildman–Crippen LogP) is 2.11. The molecule has 98 valence electrons. The van der Waals surface area contributed by atoms with Gasteiger partial charge in [0.2, 0.25) is 0 Å². The van der Waals surface area contributed by atoms with Gasteiger partial charge in [0.25, 0.3) is 0 Å². The molecule has 0 fully saturated rings. The molecular weight excluding hydrogens is 232 g/mol. The summed E-state index contributed by atoms with van der Waals surface area (Å²) in [6, 6.07) is 4.39. The zero-order valence-corrected chi connectivity index (χ0v) is 12.0. The standard InChI is InChI=1S/C13H24N2OS/c1-12-5-6-13(17-12)11-14-7-4-8-15(2)9-10-16-3/h5-6,14H,4,7-11H2,1-3H3. The predicted molar refractivity (Wildman–Crippen MR) is 74.8 cm³/mol. The second kappa shape index (κ2) is 8.64. The minimum atomic E-state index is 0.818. The molecule has 1 aromatic heterocycles. The molecule has 0 aliphatic heterocycles.